The van der Waals surface area contributed by atoms with Gasteiger partial charge in [0.05, 0.1) is 0 Å². The molecule has 2 aromatic rings. The highest BCUT2D eigenvalue weighted by atomic mass is 32.2. The first kappa shape index (κ1) is 19.2. The fourth-order valence-electron chi connectivity index (χ4n) is 2.37. The van der Waals surface area contributed by atoms with Gasteiger partial charge in [0, 0.05) is 24.9 Å². The van der Waals surface area contributed by atoms with Crippen LogP contribution in [0, 0.1) is 0 Å². The van der Waals surface area contributed by atoms with Crippen molar-refractivity contribution < 1.29 is 18.3 Å². The highest BCUT2D eigenvalue weighted by Gasteiger charge is 2.10. The first-order valence-electron chi connectivity index (χ1n) is 7.88. The van der Waals surface area contributed by atoms with Gasteiger partial charge in [-0.1, -0.05) is 24.3 Å². The van der Waals surface area contributed by atoms with Crippen molar-refractivity contribution in [3.8, 4) is 5.75 Å². The molecule has 0 aliphatic heterocycles. The average molecular weight is 365 g/mol. The summed E-state index contributed by atoms with van der Waals surface area (Å²) >= 11 is 1.68. The second-order valence-electron chi connectivity index (χ2n) is 5.62. The van der Waals surface area contributed by atoms with Crippen LogP contribution >= 0.6 is 11.8 Å². The summed E-state index contributed by atoms with van der Waals surface area (Å²) in [6, 6.07) is 14.5. The molecule has 0 saturated carbocycles. The van der Waals surface area contributed by atoms with Crippen LogP contribution in [0.25, 0.3) is 0 Å². The van der Waals surface area contributed by atoms with E-state index in [1.54, 1.807) is 35.8 Å². The summed E-state index contributed by atoms with van der Waals surface area (Å²) in [4.78, 5) is 15.1. The van der Waals surface area contributed by atoms with E-state index in [0.29, 0.717) is 19.4 Å². The molecular formula is C19H21F2NO2S. The fraction of sp³-hybridized carbons (Fsp3) is 0.316. The Morgan fingerprint density at radius 2 is 1.68 bits per heavy atom. The molecule has 0 atom stereocenters. The fourth-order valence-corrected chi connectivity index (χ4v) is 2.78. The zero-order valence-electron chi connectivity index (χ0n) is 14.2. The van der Waals surface area contributed by atoms with Crippen molar-refractivity contribution in [1.29, 1.82) is 0 Å². The molecular weight excluding hydrogens is 344 g/mol. The van der Waals surface area contributed by atoms with Crippen LogP contribution in [0.1, 0.15) is 17.5 Å². The van der Waals surface area contributed by atoms with Crippen LogP contribution in [0.5, 0.6) is 5.75 Å². The van der Waals surface area contributed by atoms with Gasteiger partial charge < -0.3 is 9.64 Å². The number of nitrogens with zero attached hydrogens (tertiary/aromatic N) is 1. The van der Waals surface area contributed by atoms with Crippen LogP contribution in [0.15, 0.2) is 53.4 Å². The van der Waals surface area contributed by atoms with Crippen molar-refractivity contribution in [3.63, 3.8) is 0 Å². The molecule has 0 N–H and O–H groups in total. The molecule has 0 aromatic heterocycles. The van der Waals surface area contributed by atoms with Crippen LogP contribution in [0.4, 0.5) is 8.78 Å². The van der Waals surface area contributed by atoms with Gasteiger partial charge in [0.25, 0.3) is 0 Å². The number of aryl methyl sites for hydroxylation is 1. The maximum absolute atomic E-state index is 12.3. The molecule has 0 bridgehead atoms. The molecule has 0 aliphatic carbocycles. The third kappa shape index (κ3) is 6.38. The van der Waals surface area contributed by atoms with Gasteiger partial charge in [-0.3, -0.25) is 4.79 Å². The van der Waals surface area contributed by atoms with E-state index >= 15 is 0 Å². The molecule has 0 unspecified atom stereocenters. The number of hydrogen-bond acceptors (Lipinski definition) is 3. The van der Waals surface area contributed by atoms with E-state index in [-0.39, 0.29) is 11.7 Å². The number of ether oxygens (including phenoxy) is 1. The molecule has 0 fully saturated rings. The van der Waals surface area contributed by atoms with Crippen LogP contribution in [0.3, 0.4) is 0 Å². The normalized spacial score (nSPS) is 10.8. The number of rotatable bonds is 8. The van der Waals surface area contributed by atoms with Crippen LogP contribution < -0.4 is 4.74 Å². The lowest BCUT2D eigenvalue weighted by Crippen LogP contribution is -2.26. The third-order valence-electron chi connectivity index (χ3n) is 3.78. The summed E-state index contributed by atoms with van der Waals surface area (Å²) in [5, 5.41) is 0. The van der Waals surface area contributed by atoms with Crippen LogP contribution in [-0.4, -0.2) is 30.7 Å². The molecule has 0 radical (unpaired) electrons. The Morgan fingerprint density at radius 1 is 1.08 bits per heavy atom. The number of benzene rings is 2. The summed E-state index contributed by atoms with van der Waals surface area (Å²) < 4.78 is 28.5. The van der Waals surface area contributed by atoms with E-state index < -0.39 is 6.61 Å². The number of thioether (sulfide) groups is 1. The largest absolute Gasteiger partial charge is 0.435 e. The lowest BCUT2D eigenvalue weighted by atomic mass is 10.1. The van der Waals surface area contributed by atoms with Crippen molar-refractivity contribution in [2.24, 2.45) is 0 Å². The molecule has 0 saturated heterocycles. The quantitative estimate of drug-likeness (QED) is 0.640. The monoisotopic (exact) mass is 365 g/mol. The van der Waals surface area contributed by atoms with E-state index in [2.05, 4.69) is 4.74 Å². The number of carbonyl (C=O) groups excluding carboxylic acids is 1. The predicted octanol–water partition coefficient (Wildman–Crippen LogP) is 4.60. The van der Waals surface area contributed by atoms with Gasteiger partial charge in [0.15, 0.2) is 0 Å². The number of amides is 1. The second-order valence-corrected chi connectivity index (χ2v) is 6.50. The number of carbonyl (C=O) groups is 1. The minimum Gasteiger partial charge on any atom is -0.435 e. The SMILES string of the molecule is CSc1ccc(CN(C)C(=O)CCc2ccc(OC(F)F)cc2)cc1. The Morgan fingerprint density at radius 3 is 2.24 bits per heavy atom. The lowest BCUT2D eigenvalue weighted by molar-refractivity contribution is -0.130. The van der Waals surface area contributed by atoms with Gasteiger partial charge in [-0.25, -0.2) is 0 Å². The zero-order chi connectivity index (χ0) is 18.2. The van der Waals surface area contributed by atoms with Crippen LogP contribution in [-0.2, 0) is 17.8 Å². The molecule has 0 aliphatic rings. The Hall–Kier alpha value is -2.08. The number of alkyl halides is 2. The van der Waals surface area contributed by atoms with Crippen molar-refractivity contribution in [2.75, 3.05) is 13.3 Å². The van der Waals surface area contributed by atoms with E-state index in [9.17, 15) is 13.6 Å². The second kappa shape index (κ2) is 9.42. The molecule has 3 nitrogen and oxygen atoms in total. The minimum absolute atomic E-state index is 0.0434. The summed E-state index contributed by atoms with van der Waals surface area (Å²) in [6.07, 6.45) is 2.95. The zero-order valence-corrected chi connectivity index (χ0v) is 15.1. The first-order valence-corrected chi connectivity index (χ1v) is 9.11. The standard InChI is InChI=1S/C19H21F2NO2S/c1-22(13-15-5-10-17(25-2)11-6-15)18(23)12-7-14-3-8-16(9-4-14)24-19(20)21/h3-6,8-11,19H,7,12-13H2,1-2H3. The molecule has 2 aromatic carbocycles. The van der Waals surface area contributed by atoms with Gasteiger partial charge in [-0.2, -0.15) is 8.78 Å². The Labute approximate surface area is 151 Å². The average Bonchev–Trinajstić information content (AvgIpc) is 2.61. The maximum Gasteiger partial charge on any atom is 0.387 e. The summed E-state index contributed by atoms with van der Waals surface area (Å²) in [6.45, 7) is -2.26. The summed E-state index contributed by atoms with van der Waals surface area (Å²) in [5.41, 5.74) is 2.00. The van der Waals surface area contributed by atoms with Crippen molar-refractivity contribution in [2.45, 2.75) is 30.9 Å². The van der Waals surface area contributed by atoms with Crippen LogP contribution in [0.2, 0.25) is 0 Å². The predicted molar refractivity (Wildman–Crippen MR) is 96.1 cm³/mol. The van der Waals surface area contributed by atoms with Gasteiger partial charge in [0.2, 0.25) is 5.91 Å². The van der Waals surface area contributed by atoms with Crippen molar-refractivity contribution in [1.82, 2.24) is 4.90 Å². The lowest BCUT2D eigenvalue weighted by Gasteiger charge is -2.17. The van der Waals surface area contributed by atoms with Crippen molar-refractivity contribution in [3.05, 3.63) is 59.7 Å². The smallest absolute Gasteiger partial charge is 0.387 e. The highest BCUT2D eigenvalue weighted by Crippen LogP contribution is 2.17. The number of hydrogen-bond donors (Lipinski definition) is 0. The molecule has 2 rings (SSSR count). The topological polar surface area (TPSA) is 29.5 Å². The summed E-state index contributed by atoms with van der Waals surface area (Å²) in [5.74, 6) is 0.165. The molecule has 134 valence electrons. The first-order chi connectivity index (χ1) is 12.0. The van der Waals surface area contributed by atoms with Gasteiger partial charge >= 0.3 is 6.61 Å². The van der Waals surface area contributed by atoms with E-state index in [0.717, 1.165) is 11.1 Å². The Bertz CT molecular complexity index is 675. The molecule has 1 amide bonds. The number of halogens is 2. The summed E-state index contributed by atoms with van der Waals surface area (Å²) in [7, 11) is 1.78. The van der Waals surface area contributed by atoms with Gasteiger partial charge in [-0.05, 0) is 48.1 Å². The molecule has 25 heavy (non-hydrogen) atoms. The highest BCUT2D eigenvalue weighted by molar-refractivity contribution is 7.98. The Balaban J connectivity index is 1.82. The minimum atomic E-state index is -2.83. The molecule has 6 heteroatoms. The van der Waals surface area contributed by atoms with E-state index in [1.807, 2.05) is 30.5 Å². The molecule has 0 heterocycles. The van der Waals surface area contributed by atoms with Gasteiger partial charge in [-0.15, -0.1) is 11.8 Å². The Kier molecular flexibility index (Phi) is 7.25. The maximum atomic E-state index is 12.3. The third-order valence-corrected chi connectivity index (χ3v) is 4.52. The molecule has 0 spiro atoms. The van der Waals surface area contributed by atoms with E-state index in [1.165, 1.54) is 17.0 Å². The van der Waals surface area contributed by atoms with Crippen molar-refractivity contribution >= 4 is 17.7 Å². The van der Waals surface area contributed by atoms with E-state index in [4.69, 9.17) is 0 Å². The van der Waals surface area contributed by atoms with Gasteiger partial charge in [0.1, 0.15) is 5.75 Å².